The molecule has 0 bridgehead atoms. The predicted molar refractivity (Wildman–Crippen MR) is 221 cm³/mol. The van der Waals surface area contributed by atoms with Crippen molar-refractivity contribution < 1.29 is 8.94 Å². The number of nitrogens with one attached hydrogen (secondary N) is 2. The van der Waals surface area contributed by atoms with Crippen LogP contribution in [0, 0.1) is 0 Å². The number of aromatic nitrogens is 7. The number of hydrogen-bond donors (Lipinski definition) is 2. The summed E-state index contributed by atoms with van der Waals surface area (Å²) in [4.78, 5) is 28.0. The Morgan fingerprint density at radius 2 is 1.25 bits per heavy atom. The molecule has 2 N–H and O–H groups in total. The average molecular weight is 722 g/mol. The lowest BCUT2D eigenvalue weighted by Crippen LogP contribution is -2.00. The maximum Gasteiger partial charge on any atom is 0.228 e. The zero-order valence-electron chi connectivity index (χ0n) is 29.5. The molecule has 0 aliphatic rings. The molecule has 6 aromatic carbocycles. The Kier molecular flexibility index (Phi) is 6.43. The molecule has 0 fully saturated rings. The minimum absolute atomic E-state index is 0.412. The van der Waals surface area contributed by atoms with Crippen molar-refractivity contribution in [2.24, 2.45) is 0 Å². The zero-order chi connectivity index (χ0) is 36.7. The van der Waals surface area contributed by atoms with E-state index < -0.39 is 0 Å². The monoisotopic (exact) mass is 721 g/mol. The quantitative estimate of drug-likeness (QED) is 0.181. The Morgan fingerprint density at radius 1 is 0.500 bits per heavy atom. The molecule has 0 radical (unpaired) electrons. The molecular formula is C47H27N7O2. The highest BCUT2D eigenvalue weighted by Crippen LogP contribution is 2.53. The summed E-state index contributed by atoms with van der Waals surface area (Å²) in [7, 11) is 0. The van der Waals surface area contributed by atoms with Crippen LogP contribution in [0.1, 0.15) is 0 Å². The van der Waals surface area contributed by atoms with Crippen LogP contribution in [0.3, 0.4) is 0 Å². The fourth-order valence-corrected chi connectivity index (χ4v) is 8.08. The summed E-state index contributed by atoms with van der Waals surface area (Å²) in [5, 5.41) is 9.63. The molecule has 0 aliphatic carbocycles. The minimum atomic E-state index is 0.412. The molecule has 0 saturated carbocycles. The van der Waals surface area contributed by atoms with Crippen molar-refractivity contribution in [1.29, 1.82) is 0 Å². The maximum absolute atomic E-state index is 6.74. The van der Waals surface area contributed by atoms with Crippen LogP contribution in [-0.2, 0) is 0 Å². The van der Waals surface area contributed by atoms with Gasteiger partial charge in [0.15, 0.2) is 22.7 Å². The van der Waals surface area contributed by atoms with E-state index in [1.165, 1.54) is 0 Å². The van der Waals surface area contributed by atoms with Gasteiger partial charge in [0.1, 0.15) is 5.52 Å². The number of pyridine rings is 2. The van der Waals surface area contributed by atoms with Gasteiger partial charge in [0.2, 0.25) is 5.89 Å². The van der Waals surface area contributed by atoms with E-state index >= 15 is 0 Å². The number of aromatic amines is 2. The number of hydrogen-bond acceptors (Lipinski definition) is 7. The fraction of sp³-hybridized carbons (Fsp3) is 0. The van der Waals surface area contributed by atoms with Crippen LogP contribution >= 0.6 is 0 Å². The van der Waals surface area contributed by atoms with Gasteiger partial charge >= 0.3 is 0 Å². The van der Waals surface area contributed by atoms with Gasteiger partial charge in [-0.1, -0.05) is 96.2 Å². The molecule has 9 heteroatoms. The summed E-state index contributed by atoms with van der Waals surface area (Å²) in [5.41, 5.74) is 11.2. The van der Waals surface area contributed by atoms with Gasteiger partial charge in [-0.3, -0.25) is 4.98 Å². The maximum atomic E-state index is 6.74. The van der Waals surface area contributed by atoms with Crippen molar-refractivity contribution in [3.8, 4) is 56.7 Å². The fourth-order valence-electron chi connectivity index (χ4n) is 8.08. The molecule has 6 heterocycles. The minimum Gasteiger partial charge on any atom is -0.436 e. The molecule has 262 valence electrons. The van der Waals surface area contributed by atoms with E-state index in [2.05, 4.69) is 58.5 Å². The highest BCUT2D eigenvalue weighted by molar-refractivity contribution is 6.21. The van der Waals surface area contributed by atoms with Crippen molar-refractivity contribution in [2.45, 2.75) is 0 Å². The molecule has 0 spiro atoms. The Labute approximate surface area is 317 Å². The highest BCUT2D eigenvalue weighted by atomic mass is 16.5. The third-order valence-electron chi connectivity index (χ3n) is 10.6. The Bertz CT molecular complexity index is 3410. The molecule has 12 rings (SSSR count). The van der Waals surface area contributed by atoms with Crippen LogP contribution in [-0.4, -0.2) is 35.1 Å². The van der Waals surface area contributed by atoms with Crippen LogP contribution < -0.4 is 0 Å². The lowest BCUT2D eigenvalue weighted by atomic mass is 9.85. The summed E-state index contributed by atoms with van der Waals surface area (Å²) in [5.74, 6) is 0.982. The van der Waals surface area contributed by atoms with Gasteiger partial charge in [-0.25, -0.2) is 15.0 Å². The molecule has 0 aliphatic heterocycles. The normalized spacial score (nSPS) is 11.9. The highest BCUT2D eigenvalue weighted by Gasteiger charge is 2.34. The lowest BCUT2D eigenvalue weighted by molar-refractivity contribution is 0.459. The second kappa shape index (κ2) is 11.8. The number of fused-ring (bicyclic) bond motifs is 6. The van der Waals surface area contributed by atoms with Gasteiger partial charge in [-0.15, -0.1) is 0 Å². The van der Waals surface area contributed by atoms with Crippen LogP contribution in [0.2, 0.25) is 0 Å². The van der Waals surface area contributed by atoms with Gasteiger partial charge in [0, 0.05) is 39.0 Å². The van der Waals surface area contributed by atoms with Crippen molar-refractivity contribution in [3.05, 3.63) is 152 Å². The predicted octanol–water partition coefficient (Wildman–Crippen LogP) is 11.8. The second-order valence-corrected chi connectivity index (χ2v) is 13.9. The molecule has 12 aromatic rings. The van der Waals surface area contributed by atoms with Gasteiger partial charge in [0.25, 0.3) is 0 Å². The molecule has 56 heavy (non-hydrogen) atoms. The molecule has 0 amide bonds. The van der Waals surface area contributed by atoms with Gasteiger partial charge in [-0.05, 0) is 60.0 Å². The molecule has 0 saturated heterocycles. The molecule has 6 aromatic heterocycles. The first-order valence-electron chi connectivity index (χ1n) is 18.3. The van der Waals surface area contributed by atoms with Crippen LogP contribution in [0.15, 0.2) is 161 Å². The second-order valence-electron chi connectivity index (χ2n) is 13.9. The van der Waals surface area contributed by atoms with E-state index in [4.69, 9.17) is 34.0 Å². The van der Waals surface area contributed by atoms with Gasteiger partial charge in [-0.2, -0.15) is 0 Å². The standard InChI is InChI=1S/C47H27N7O2/c1-4-14-29-26(11-1)23-24-48-43(29)40-38(35-22-21-27-12-2-5-15-30(27)49-35)41(47-53-34-19-9-10-20-37(34)55-47)39(36-25-28-13-3-6-16-31(28)50-36)45-42(40)44(54-56-45)46-51-32-17-7-8-18-33(32)52-46/h1-25,50H,(H,51,52). The van der Waals surface area contributed by atoms with E-state index in [1.54, 1.807) is 0 Å². The van der Waals surface area contributed by atoms with Crippen LogP contribution in [0.25, 0.3) is 122 Å². The molecule has 9 nitrogen and oxygen atoms in total. The summed E-state index contributed by atoms with van der Waals surface area (Å²) in [6.07, 6.45) is 1.85. The van der Waals surface area contributed by atoms with E-state index in [0.29, 0.717) is 39.8 Å². The van der Waals surface area contributed by atoms with Crippen LogP contribution in [0.4, 0.5) is 0 Å². The van der Waals surface area contributed by atoms with Crippen molar-refractivity contribution >= 4 is 65.7 Å². The SMILES string of the molecule is c1ccc2nc(-c3c(-c4nc5ccccc5o4)c(-c4cc5ccccc5[nH]4)c4onc(-c5nc6ccccc6[nH]5)c4c3-c3nccc4ccccc34)ccc2c1. The Balaban J connectivity index is 1.34. The Morgan fingerprint density at radius 3 is 2.11 bits per heavy atom. The summed E-state index contributed by atoms with van der Waals surface area (Å²) < 4.78 is 13.3. The Hall–Kier alpha value is -7.91. The van der Waals surface area contributed by atoms with E-state index in [-0.39, 0.29) is 0 Å². The van der Waals surface area contributed by atoms with Gasteiger partial charge < -0.3 is 18.9 Å². The summed E-state index contributed by atoms with van der Waals surface area (Å²) in [6.45, 7) is 0. The smallest absolute Gasteiger partial charge is 0.228 e. The van der Waals surface area contributed by atoms with E-state index in [1.807, 2.05) is 103 Å². The number of rotatable bonds is 5. The van der Waals surface area contributed by atoms with Crippen molar-refractivity contribution in [3.63, 3.8) is 0 Å². The first-order valence-corrected chi connectivity index (χ1v) is 18.3. The number of nitrogens with zero attached hydrogens (tertiary/aromatic N) is 5. The first-order chi connectivity index (χ1) is 27.7. The number of oxazole rings is 1. The number of H-pyrrole nitrogens is 2. The average Bonchev–Trinajstić information content (AvgIpc) is 4.06. The zero-order valence-corrected chi connectivity index (χ0v) is 29.5. The largest absolute Gasteiger partial charge is 0.436 e. The number of benzene rings is 6. The third kappa shape index (κ3) is 4.58. The molecule has 0 unspecified atom stereocenters. The number of imidazole rings is 1. The van der Waals surface area contributed by atoms with Crippen LogP contribution in [0.5, 0.6) is 0 Å². The van der Waals surface area contributed by atoms with E-state index in [0.717, 1.165) is 82.6 Å². The third-order valence-corrected chi connectivity index (χ3v) is 10.6. The summed E-state index contributed by atoms with van der Waals surface area (Å²) in [6, 6.07) is 48.7. The molecular weight excluding hydrogens is 695 g/mol. The van der Waals surface area contributed by atoms with E-state index in [9.17, 15) is 0 Å². The number of para-hydroxylation sites is 6. The molecule has 0 atom stereocenters. The van der Waals surface area contributed by atoms with Crippen molar-refractivity contribution in [2.75, 3.05) is 0 Å². The first kappa shape index (κ1) is 30.5. The lowest BCUT2D eigenvalue weighted by Gasteiger charge is -2.19. The van der Waals surface area contributed by atoms with Gasteiger partial charge in [0.05, 0.1) is 50.1 Å². The topological polar surface area (TPSA) is 122 Å². The summed E-state index contributed by atoms with van der Waals surface area (Å²) >= 11 is 0. The van der Waals surface area contributed by atoms with Crippen molar-refractivity contribution in [1.82, 2.24) is 35.1 Å².